The maximum Gasteiger partial charge on any atom is 0.0646 e. The fraction of sp³-hybridized carbons (Fsp3) is 0. The van der Waals surface area contributed by atoms with Crippen LogP contribution in [0.15, 0.2) is 75.4 Å². The van der Waals surface area contributed by atoms with Gasteiger partial charge in [0.15, 0.2) is 0 Å². The second-order valence-electron chi connectivity index (χ2n) is 4.13. The van der Waals surface area contributed by atoms with Crippen molar-refractivity contribution >= 4 is 53.7 Å². The topological polar surface area (TPSA) is 4.93 Å². The lowest BCUT2D eigenvalue weighted by atomic mass is 10.2. The van der Waals surface area contributed by atoms with Gasteiger partial charge in [-0.3, -0.25) is 0 Å². The molecule has 0 fully saturated rings. The number of benzene rings is 3. The first-order valence-corrected chi connectivity index (χ1v) is 7.38. The lowest BCUT2D eigenvalue weighted by Gasteiger charge is -2.07. The minimum atomic E-state index is -0.641. The maximum atomic E-state index is 8.53. The second-order valence-corrected chi connectivity index (χ2v) is 5.72. The molecular weight excluding hydrogens is 390 g/mol. The number of fused-ring (bicyclic) bond motifs is 3. The van der Waals surface area contributed by atoms with E-state index in [1.165, 1.54) is 0 Å². The molecule has 3 heteroatoms. The van der Waals surface area contributed by atoms with Crippen molar-refractivity contribution in [2.24, 2.45) is 0 Å². The monoisotopic (exact) mass is 410 g/mol. The van der Waals surface area contributed by atoms with Crippen LogP contribution < -0.4 is 0 Å². The van der Waals surface area contributed by atoms with Crippen LogP contribution in [0.2, 0.25) is 0 Å². The average Bonchev–Trinajstić information content (AvgIpc) is 3.12. The molecule has 0 bridgehead atoms. The summed E-state index contributed by atoms with van der Waals surface area (Å²) in [4.78, 5) is 0. The summed E-state index contributed by atoms with van der Waals surface area (Å²) in [6, 6.07) is -5.24. The molecule has 21 heavy (non-hydrogen) atoms. The van der Waals surface area contributed by atoms with E-state index >= 15 is 0 Å². The molecule has 0 unspecified atom stereocenters. The number of aromatic nitrogens is 1. The highest BCUT2D eigenvalue weighted by molar-refractivity contribution is 9.10. The van der Waals surface area contributed by atoms with Crippen molar-refractivity contribution in [3.8, 4) is 5.69 Å². The van der Waals surface area contributed by atoms with E-state index in [9.17, 15) is 0 Å². The molecule has 1 aromatic heterocycles. The van der Waals surface area contributed by atoms with E-state index in [2.05, 4.69) is 31.9 Å². The fourth-order valence-corrected chi connectivity index (χ4v) is 2.74. The van der Waals surface area contributed by atoms with Gasteiger partial charge in [0.25, 0.3) is 0 Å². The molecule has 0 aliphatic heterocycles. The summed E-state index contributed by atoms with van der Waals surface area (Å²) in [6.45, 7) is 0. The van der Waals surface area contributed by atoms with Crippen molar-refractivity contribution in [3.63, 3.8) is 0 Å². The van der Waals surface area contributed by atoms with Gasteiger partial charge in [-0.15, -0.1) is 0 Å². The molecule has 1 heterocycles. The van der Waals surface area contributed by atoms with Crippen LogP contribution in [0, 0.1) is 0 Å². The summed E-state index contributed by atoms with van der Waals surface area (Å²) in [6.07, 6.45) is 0. The van der Waals surface area contributed by atoms with Crippen LogP contribution in [-0.2, 0) is 0 Å². The normalized spacial score (nSPS) is 18.7. The van der Waals surface area contributed by atoms with Crippen molar-refractivity contribution in [2.45, 2.75) is 0 Å². The third-order valence-electron chi connectivity index (χ3n) is 2.93. The molecule has 0 aliphatic rings. The van der Waals surface area contributed by atoms with Gasteiger partial charge in [0.05, 0.1) is 26.1 Å². The Morgan fingerprint density at radius 3 is 1.76 bits per heavy atom. The van der Waals surface area contributed by atoms with E-state index in [0.717, 1.165) is 4.57 Å². The van der Waals surface area contributed by atoms with E-state index < -0.39 is 42.3 Å². The maximum absolute atomic E-state index is 8.53. The smallest absolute Gasteiger partial charge is 0.0646 e. The number of halogens is 2. The van der Waals surface area contributed by atoms with Crippen LogP contribution in [0.5, 0.6) is 0 Å². The molecule has 0 amide bonds. The van der Waals surface area contributed by atoms with E-state index in [4.69, 9.17) is 15.1 Å². The van der Waals surface area contributed by atoms with Gasteiger partial charge in [0, 0.05) is 25.4 Å². The van der Waals surface area contributed by atoms with E-state index in [1.807, 2.05) is 0 Å². The average molecular weight is 412 g/mol. The lowest BCUT2D eigenvalue weighted by molar-refractivity contribution is 1.18. The standard InChI is InChI=1S/C18H11Br2N/c19-12-6-8-17-15(10-12)16-11-13(20)7-9-18(16)21(17)14-4-2-1-3-5-14/h1-11H/i1D,2D,3D,4D,5D,6D,7D,8D,9D,10D,11D. The van der Waals surface area contributed by atoms with E-state index in [1.54, 1.807) is 0 Å². The van der Waals surface area contributed by atoms with Crippen LogP contribution in [0.3, 0.4) is 0 Å². The first kappa shape index (κ1) is 5.90. The fourth-order valence-electron chi connectivity index (χ4n) is 2.14. The number of para-hydroxylation sites is 1. The molecule has 3 aromatic carbocycles. The van der Waals surface area contributed by atoms with Gasteiger partial charge in [-0.25, -0.2) is 0 Å². The highest BCUT2D eigenvalue weighted by atomic mass is 79.9. The molecule has 0 saturated heterocycles. The minimum Gasteiger partial charge on any atom is -0.309 e. The van der Waals surface area contributed by atoms with Gasteiger partial charge in [0.1, 0.15) is 0 Å². The molecule has 4 aromatic rings. The predicted octanol–water partition coefficient (Wildman–Crippen LogP) is 6.31. The molecule has 4 rings (SSSR count). The molecule has 0 aliphatic carbocycles. The summed E-state index contributed by atoms with van der Waals surface area (Å²) >= 11 is 6.24. The molecule has 102 valence electrons. The zero-order valence-electron chi connectivity index (χ0n) is 21.2. The first-order valence-electron chi connectivity index (χ1n) is 11.3. The Morgan fingerprint density at radius 2 is 1.24 bits per heavy atom. The molecule has 0 atom stereocenters. The largest absolute Gasteiger partial charge is 0.309 e. The summed E-state index contributed by atoms with van der Waals surface area (Å²) < 4.78 is 92.2. The number of hydrogen-bond donors (Lipinski definition) is 0. The van der Waals surface area contributed by atoms with Gasteiger partial charge in [-0.05, 0) is 48.3 Å². The second kappa shape index (κ2) is 5.00. The Morgan fingerprint density at radius 1 is 0.714 bits per heavy atom. The molecule has 0 radical (unpaired) electrons. The number of nitrogens with zero attached hydrogens (tertiary/aromatic N) is 1. The predicted molar refractivity (Wildman–Crippen MR) is 96.2 cm³/mol. The summed E-state index contributed by atoms with van der Waals surface area (Å²) in [5.41, 5.74) is -0.701. The Kier molecular flexibility index (Phi) is 1.41. The van der Waals surface area contributed by atoms with Gasteiger partial charge in [0.2, 0.25) is 0 Å². The molecule has 0 saturated carbocycles. The third-order valence-corrected chi connectivity index (χ3v) is 3.73. The zero-order chi connectivity index (χ0) is 24.0. The van der Waals surface area contributed by atoms with Crippen LogP contribution in [-0.4, -0.2) is 4.57 Å². The van der Waals surface area contributed by atoms with Crippen LogP contribution >= 0.6 is 31.9 Å². The Bertz CT molecular complexity index is 1400. The van der Waals surface area contributed by atoms with Crippen molar-refractivity contribution < 1.29 is 15.1 Å². The number of hydrogen-bond acceptors (Lipinski definition) is 0. The highest BCUT2D eigenvalue weighted by Gasteiger charge is 2.12. The third kappa shape index (κ3) is 2.12. The van der Waals surface area contributed by atoms with E-state index in [0.29, 0.717) is 0 Å². The van der Waals surface area contributed by atoms with Crippen LogP contribution in [0.4, 0.5) is 0 Å². The molecule has 0 spiro atoms. The number of rotatable bonds is 1. The molecule has 1 nitrogen and oxygen atoms in total. The Balaban J connectivity index is 2.50. The van der Waals surface area contributed by atoms with Gasteiger partial charge in [-0.2, -0.15) is 0 Å². The van der Waals surface area contributed by atoms with Crippen LogP contribution in [0.25, 0.3) is 27.5 Å². The van der Waals surface area contributed by atoms with Gasteiger partial charge < -0.3 is 4.57 Å². The summed E-state index contributed by atoms with van der Waals surface area (Å²) in [5, 5.41) is -0.00206. The van der Waals surface area contributed by atoms with Crippen molar-refractivity contribution in [2.75, 3.05) is 0 Å². The highest BCUT2D eigenvalue weighted by Crippen LogP contribution is 2.34. The Hall–Kier alpha value is -1.58. The molecular formula is C18H11Br2N. The SMILES string of the molecule is [2H]c1c([2H])c([2H])c(-n2c3c([2H])c([2H])c(Br)c([2H])c3c3c([2H])c(Br)c([2H])c([2H])c32)c([2H])c1[2H]. The minimum absolute atomic E-state index is 0.00103. The van der Waals surface area contributed by atoms with Gasteiger partial charge in [-0.1, -0.05) is 50.0 Å². The molecule has 0 N–H and O–H groups in total. The summed E-state index contributed by atoms with van der Waals surface area (Å²) in [7, 11) is 0. The van der Waals surface area contributed by atoms with Gasteiger partial charge >= 0.3 is 0 Å². The van der Waals surface area contributed by atoms with E-state index in [-0.39, 0.29) is 60.6 Å². The van der Waals surface area contributed by atoms with Crippen molar-refractivity contribution in [3.05, 3.63) is 75.4 Å². The zero-order valence-corrected chi connectivity index (χ0v) is 13.4. The van der Waals surface area contributed by atoms with Crippen LogP contribution in [0.1, 0.15) is 15.1 Å². The first-order chi connectivity index (χ1) is 14.8. The quantitative estimate of drug-likeness (QED) is 0.346. The lowest BCUT2D eigenvalue weighted by Crippen LogP contribution is -1.92. The van der Waals surface area contributed by atoms with Crippen molar-refractivity contribution in [1.29, 1.82) is 0 Å². The van der Waals surface area contributed by atoms with Crippen molar-refractivity contribution in [1.82, 2.24) is 4.57 Å². The summed E-state index contributed by atoms with van der Waals surface area (Å²) in [5.74, 6) is 0. The Labute approximate surface area is 154 Å².